The largest absolute Gasteiger partial charge is 0.469 e. The Morgan fingerprint density at radius 2 is 1.80 bits per heavy atom. The maximum Gasteiger partial charge on any atom is 0.305 e. The number of methoxy groups -OCH3 is 1. The third-order valence-corrected chi connectivity index (χ3v) is 3.80. The number of hydrogen-bond donors (Lipinski definition) is 1. The minimum Gasteiger partial charge on any atom is -0.469 e. The molecular formula is C18H25FN2O4. The van der Waals surface area contributed by atoms with Crippen LogP contribution in [0.3, 0.4) is 0 Å². The van der Waals surface area contributed by atoms with E-state index >= 15 is 0 Å². The summed E-state index contributed by atoms with van der Waals surface area (Å²) in [6.07, 6.45) is 0.702. The molecule has 0 spiro atoms. The van der Waals surface area contributed by atoms with Gasteiger partial charge >= 0.3 is 5.97 Å². The van der Waals surface area contributed by atoms with Crippen molar-refractivity contribution in [1.29, 1.82) is 0 Å². The molecular weight excluding hydrogens is 327 g/mol. The minimum absolute atomic E-state index is 0.125. The third kappa shape index (κ3) is 6.52. The number of halogens is 1. The van der Waals surface area contributed by atoms with Gasteiger partial charge in [-0.2, -0.15) is 0 Å². The van der Waals surface area contributed by atoms with E-state index in [0.717, 1.165) is 0 Å². The number of carbonyl (C=O) groups is 3. The highest BCUT2D eigenvalue weighted by Gasteiger charge is 2.27. The molecule has 0 aromatic heterocycles. The number of amides is 2. The molecule has 6 nitrogen and oxygen atoms in total. The minimum atomic E-state index is -0.708. The maximum atomic E-state index is 13.0. The van der Waals surface area contributed by atoms with Gasteiger partial charge in [0.2, 0.25) is 5.91 Å². The molecule has 0 aliphatic carbocycles. The molecule has 0 radical (unpaired) electrons. The second-order valence-electron chi connectivity index (χ2n) is 6.14. The van der Waals surface area contributed by atoms with Gasteiger partial charge in [-0.05, 0) is 36.6 Å². The van der Waals surface area contributed by atoms with Crippen molar-refractivity contribution in [3.63, 3.8) is 0 Å². The van der Waals surface area contributed by atoms with Gasteiger partial charge in [-0.25, -0.2) is 4.39 Å². The van der Waals surface area contributed by atoms with Gasteiger partial charge in [-0.3, -0.25) is 14.4 Å². The Kier molecular flexibility index (Phi) is 8.04. The predicted molar refractivity (Wildman–Crippen MR) is 91.4 cm³/mol. The van der Waals surface area contributed by atoms with E-state index in [1.54, 1.807) is 7.05 Å². The summed E-state index contributed by atoms with van der Waals surface area (Å²) in [6, 6.07) is 4.42. The Balaban J connectivity index is 2.68. The summed E-state index contributed by atoms with van der Waals surface area (Å²) in [4.78, 5) is 37.5. The fraction of sp³-hybridized carbons (Fsp3) is 0.500. The average Bonchev–Trinajstić information content (AvgIpc) is 2.58. The zero-order chi connectivity index (χ0) is 19.0. The van der Waals surface area contributed by atoms with Crippen molar-refractivity contribution in [3.8, 4) is 0 Å². The summed E-state index contributed by atoms with van der Waals surface area (Å²) in [5.74, 6) is -1.56. The standard InChI is InChI=1S/C18H25FN2O4/c1-12(2)16(18(24)21(3)11-5-6-15(22)25-4)20-17(23)13-7-9-14(19)10-8-13/h7-10,12,16H,5-6,11H2,1-4H3,(H,20,23). The van der Waals surface area contributed by atoms with Crippen LogP contribution in [-0.4, -0.2) is 49.4 Å². The van der Waals surface area contributed by atoms with Gasteiger partial charge in [0.25, 0.3) is 5.91 Å². The number of benzene rings is 1. The molecule has 1 atom stereocenters. The fourth-order valence-corrected chi connectivity index (χ4v) is 2.25. The smallest absolute Gasteiger partial charge is 0.305 e. The number of ether oxygens (including phenoxy) is 1. The monoisotopic (exact) mass is 352 g/mol. The molecule has 0 fully saturated rings. The Morgan fingerprint density at radius 1 is 1.20 bits per heavy atom. The van der Waals surface area contributed by atoms with Gasteiger partial charge in [-0.1, -0.05) is 13.8 Å². The van der Waals surface area contributed by atoms with Crippen LogP contribution in [0.25, 0.3) is 0 Å². The Labute approximate surface area is 147 Å². The molecule has 1 N–H and O–H groups in total. The molecule has 1 rings (SSSR count). The van der Waals surface area contributed by atoms with Crippen LogP contribution < -0.4 is 5.32 Å². The normalized spacial score (nSPS) is 11.8. The summed E-state index contributed by atoms with van der Waals surface area (Å²) in [6.45, 7) is 4.04. The highest BCUT2D eigenvalue weighted by Crippen LogP contribution is 2.09. The van der Waals surface area contributed by atoms with Crippen LogP contribution >= 0.6 is 0 Å². The number of likely N-dealkylation sites (N-methyl/N-ethyl adjacent to an activating group) is 1. The second-order valence-corrected chi connectivity index (χ2v) is 6.14. The summed E-state index contributed by atoms with van der Waals surface area (Å²) < 4.78 is 17.5. The van der Waals surface area contributed by atoms with Gasteiger partial charge in [0.15, 0.2) is 0 Å². The highest BCUT2D eigenvalue weighted by atomic mass is 19.1. The van der Waals surface area contributed by atoms with E-state index in [4.69, 9.17) is 0 Å². The van der Waals surface area contributed by atoms with Crippen LogP contribution in [0.2, 0.25) is 0 Å². The number of esters is 1. The number of hydrogen-bond acceptors (Lipinski definition) is 4. The van der Waals surface area contributed by atoms with Crippen LogP contribution in [0.15, 0.2) is 24.3 Å². The first-order valence-electron chi connectivity index (χ1n) is 8.14. The molecule has 7 heteroatoms. The second kappa shape index (κ2) is 9.76. The highest BCUT2D eigenvalue weighted by molar-refractivity contribution is 5.97. The fourth-order valence-electron chi connectivity index (χ4n) is 2.25. The van der Waals surface area contributed by atoms with Crippen molar-refractivity contribution < 1.29 is 23.5 Å². The van der Waals surface area contributed by atoms with E-state index in [2.05, 4.69) is 10.1 Å². The summed E-state index contributed by atoms with van der Waals surface area (Å²) in [7, 11) is 2.94. The summed E-state index contributed by atoms with van der Waals surface area (Å²) >= 11 is 0. The molecule has 0 aliphatic heterocycles. The van der Waals surface area contributed by atoms with Crippen LogP contribution in [0, 0.1) is 11.7 Å². The van der Waals surface area contributed by atoms with Crippen molar-refractivity contribution in [3.05, 3.63) is 35.6 Å². The predicted octanol–water partition coefficient (Wildman–Crippen LogP) is 1.99. The van der Waals surface area contributed by atoms with Gasteiger partial charge in [-0.15, -0.1) is 0 Å². The molecule has 0 aliphatic rings. The lowest BCUT2D eigenvalue weighted by atomic mass is 10.0. The third-order valence-electron chi connectivity index (χ3n) is 3.80. The first-order chi connectivity index (χ1) is 11.8. The molecule has 2 amide bonds. The van der Waals surface area contributed by atoms with Crippen molar-refractivity contribution >= 4 is 17.8 Å². The number of rotatable bonds is 8. The Morgan fingerprint density at radius 3 is 2.32 bits per heavy atom. The average molecular weight is 352 g/mol. The van der Waals surface area contributed by atoms with Gasteiger partial charge < -0.3 is 15.0 Å². The van der Waals surface area contributed by atoms with Crippen LogP contribution in [0.5, 0.6) is 0 Å². The molecule has 1 aromatic carbocycles. The lowest BCUT2D eigenvalue weighted by Crippen LogP contribution is -2.50. The Hall–Kier alpha value is -2.44. The van der Waals surface area contributed by atoms with Gasteiger partial charge in [0.1, 0.15) is 11.9 Å². The van der Waals surface area contributed by atoms with Crippen LogP contribution in [-0.2, 0) is 14.3 Å². The first kappa shape index (κ1) is 20.6. The molecule has 25 heavy (non-hydrogen) atoms. The summed E-state index contributed by atoms with van der Waals surface area (Å²) in [5, 5.41) is 2.70. The van der Waals surface area contributed by atoms with E-state index in [9.17, 15) is 18.8 Å². The van der Waals surface area contributed by atoms with Crippen LogP contribution in [0.1, 0.15) is 37.0 Å². The van der Waals surface area contributed by atoms with E-state index in [1.807, 2.05) is 13.8 Å². The lowest BCUT2D eigenvalue weighted by Gasteiger charge is -2.27. The number of carbonyl (C=O) groups excluding carboxylic acids is 3. The van der Waals surface area contributed by atoms with E-state index in [-0.39, 0.29) is 29.8 Å². The Bertz CT molecular complexity index is 602. The molecule has 0 saturated heterocycles. The molecule has 138 valence electrons. The summed E-state index contributed by atoms with van der Waals surface area (Å²) in [5.41, 5.74) is 0.285. The molecule has 1 aromatic rings. The number of nitrogens with one attached hydrogen (secondary N) is 1. The topological polar surface area (TPSA) is 75.7 Å². The first-order valence-corrected chi connectivity index (χ1v) is 8.14. The van der Waals surface area contributed by atoms with E-state index in [0.29, 0.717) is 13.0 Å². The van der Waals surface area contributed by atoms with Crippen molar-refractivity contribution in [2.45, 2.75) is 32.7 Å². The maximum absolute atomic E-state index is 13.0. The zero-order valence-corrected chi connectivity index (χ0v) is 15.0. The molecule has 1 unspecified atom stereocenters. The van der Waals surface area contributed by atoms with Crippen molar-refractivity contribution in [2.24, 2.45) is 5.92 Å². The number of nitrogens with zero attached hydrogens (tertiary/aromatic N) is 1. The lowest BCUT2D eigenvalue weighted by molar-refractivity contribution is -0.141. The SMILES string of the molecule is COC(=O)CCCN(C)C(=O)C(NC(=O)c1ccc(F)cc1)C(C)C. The molecule has 0 bridgehead atoms. The molecule has 0 saturated carbocycles. The van der Waals surface area contributed by atoms with E-state index < -0.39 is 17.8 Å². The zero-order valence-electron chi connectivity index (χ0n) is 15.0. The van der Waals surface area contributed by atoms with Gasteiger partial charge in [0.05, 0.1) is 7.11 Å². The van der Waals surface area contributed by atoms with Crippen molar-refractivity contribution in [2.75, 3.05) is 20.7 Å². The van der Waals surface area contributed by atoms with Crippen LogP contribution in [0.4, 0.5) is 4.39 Å². The quantitative estimate of drug-likeness (QED) is 0.726. The van der Waals surface area contributed by atoms with Gasteiger partial charge in [0, 0.05) is 25.6 Å². The molecule has 0 heterocycles. The van der Waals surface area contributed by atoms with Crippen molar-refractivity contribution in [1.82, 2.24) is 10.2 Å². The van der Waals surface area contributed by atoms with E-state index in [1.165, 1.54) is 36.3 Å².